The summed E-state index contributed by atoms with van der Waals surface area (Å²) >= 11 is 0. The summed E-state index contributed by atoms with van der Waals surface area (Å²) in [7, 11) is 0. The number of unbranched alkanes of at least 4 members (excludes halogenated alkanes) is 18. The van der Waals surface area contributed by atoms with Crippen molar-refractivity contribution in [2.45, 2.75) is 282 Å². The second-order valence-electron chi connectivity index (χ2n) is 21.4. The Hall–Kier alpha value is -4.20. The van der Waals surface area contributed by atoms with Gasteiger partial charge in [0, 0.05) is 6.42 Å². The Morgan fingerprint density at radius 3 is 1.33 bits per heavy atom. The lowest BCUT2D eigenvalue weighted by Crippen LogP contribution is -2.61. The van der Waals surface area contributed by atoms with Gasteiger partial charge < -0.3 is 45.1 Å². The smallest absolute Gasteiger partial charge is 0.306 e. The zero-order valence-corrected chi connectivity index (χ0v) is 50.8. The Kier molecular flexibility index (Phi) is 52.0. The van der Waals surface area contributed by atoms with Crippen LogP contribution in [0.1, 0.15) is 233 Å². The van der Waals surface area contributed by atoms with Gasteiger partial charge in [-0.05, 0) is 116 Å². The molecule has 6 N–H and O–H groups in total. The highest BCUT2D eigenvalue weighted by Gasteiger charge is 2.47. The summed E-state index contributed by atoms with van der Waals surface area (Å²) in [5.74, 6) is -1.25. The van der Waals surface area contributed by atoms with Crippen LogP contribution in [-0.2, 0) is 23.8 Å². The normalized spacial score (nSPS) is 19.6. The molecule has 0 aromatic rings. The van der Waals surface area contributed by atoms with Crippen molar-refractivity contribution in [3.05, 3.63) is 134 Å². The first-order chi connectivity index (χ1) is 39.7. The highest BCUT2D eigenvalue weighted by Crippen LogP contribution is 2.26. The maximum absolute atomic E-state index is 13.4. The number of aliphatic hydroxyl groups is 5. The van der Waals surface area contributed by atoms with Gasteiger partial charge in [0.05, 0.1) is 25.4 Å². The Balaban J connectivity index is 2.67. The summed E-state index contributed by atoms with van der Waals surface area (Å²) in [5, 5.41) is 57.0. The number of nitrogens with one attached hydrogen (secondary N) is 1. The Bertz CT molecular complexity index is 1830. The average Bonchev–Trinajstić information content (AvgIpc) is 3.50. The number of ether oxygens (including phenoxy) is 3. The van der Waals surface area contributed by atoms with Gasteiger partial charge in [0.25, 0.3) is 0 Å². The van der Waals surface area contributed by atoms with Gasteiger partial charge >= 0.3 is 5.97 Å². The summed E-state index contributed by atoms with van der Waals surface area (Å²) < 4.78 is 17.6. The van der Waals surface area contributed by atoms with Crippen LogP contribution in [0.25, 0.3) is 0 Å². The first-order valence-electron chi connectivity index (χ1n) is 32.0. The molecule has 1 fully saturated rings. The first-order valence-corrected chi connectivity index (χ1v) is 32.0. The van der Waals surface area contributed by atoms with E-state index in [1.807, 2.05) is 6.08 Å². The molecule has 1 saturated heterocycles. The average molecular weight is 1130 g/mol. The van der Waals surface area contributed by atoms with E-state index in [1.165, 1.54) is 38.5 Å². The molecule has 0 spiro atoms. The zero-order valence-electron chi connectivity index (χ0n) is 50.8. The molecule has 81 heavy (non-hydrogen) atoms. The largest absolute Gasteiger partial charge is 0.454 e. The fourth-order valence-electron chi connectivity index (χ4n) is 9.06. The van der Waals surface area contributed by atoms with Crippen molar-refractivity contribution < 1.29 is 49.3 Å². The number of carbonyl (C=O) groups excluding carboxylic acids is 2. The van der Waals surface area contributed by atoms with Crippen molar-refractivity contribution in [2.75, 3.05) is 13.2 Å². The fraction of sp³-hybridized carbons (Fsp3) is 0.657. The number of aliphatic hydroxyl groups excluding tert-OH is 5. The molecular weight excluding hydrogens is 1010 g/mol. The lowest BCUT2D eigenvalue weighted by atomic mass is 9.99. The first kappa shape index (κ1) is 74.8. The van der Waals surface area contributed by atoms with Crippen molar-refractivity contribution in [1.29, 1.82) is 0 Å². The number of hydrogen-bond donors (Lipinski definition) is 6. The number of allylic oxidation sites excluding steroid dienone is 21. The SMILES string of the molecule is CC/C=C\C/C=C\C/C=C\C/C=C\C/C=C\CCCCCCCCCC(=O)OC1C(OCC(NC(=O)C(O)CCCC/C=C\C/C=C\C/C=C\C/C=C\C/C=C\CC)C(O)/C=C/CCCCCCCCCCC)OC(CO)C(O)C1O. The molecule has 0 aromatic carbocycles. The van der Waals surface area contributed by atoms with E-state index in [-0.39, 0.29) is 19.4 Å². The van der Waals surface area contributed by atoms with Gasteiger partial charge in [-0.25, -0.2) is 0 Å². The van der Waals surface area contributed by atoms with Crippen LogP contribution in [0.3, 0.4) is 0 Å². The van der Waals surface area contributed by atoms with E-state index in [4.69, 9.17) is 14.2 Å². The van der Waals surface area contributed by atoms with E-state index in [0.717, 1.165) is 148 Å². The quantitative estimate of drug-likeness (QED) is 0.0195. The molecule has 1 heterocycles. The molecule has 1 aliphatic heterocycles. The van der Waals surface area contributed by atoms with Crippen molar-refractivity contribution in [3.8, 4) is 0 Å². The summed E-state index contributed by atoms with van der Waals surface area (Å²) in [6, 6.07) is -1.05. The maximum Gasteiger partial charge on any atom is 0.306 e. The molecule has 8 unspecified atom stereocenters. The summed E-state index contributed by atoms with van der Waals surface area (Å²) in [4.78, 5) is 26.6. The predicted molar refractivity (Wildman–Crippen MR) is 337 cm³/mol. The van der Waals surface area contributed by atoms with Crippen LogP contribution in [0.2, 0.25) is 0 Å². The van der Waals surface area contributed by atoms with Crippen molar-refractivity contribution in [1.82, 2.24) is 5.32 Å². The van der Waals surface area contributed by atoms with Gasteiger partial charge in [0.1, 0.15) is 24.4 Å². The molecule has 1 aliphatic rings. The molecule has 0 aromatic heterocycles. The number of amides is 1. The lowest BCUT2D eigenvalue weighted by molar-refractivity contribution is -0.305. The standard InChI is InChI=1S/C70H115NO10/c1-4-7-10-13-16-19-22-24-26-28-30-31-32-33-34-36-38-40-43-46-49-52-55-58-65(75)81-68-67(77)66(76)64(59-72)80-70(68)79-60-61(62(73)56-53-50-47-44-41-21-18-15-12-9-6-3)71-69(78)63(74)57-54-51-48-45-42-39-37-35-29-27-25-23-20-17-14-11-8-5-2/h7-8,10-11,16-17,19-20,24-27,30-31,33-35,37,42,45,53,56,61-64,66-68,70,72-74,76-77H,4-6,9,12-15,18,21-23,28-29,32,36,38-41,43-44,46-52,54-55,57-60H2,1-3H3,(H,71,78)/b10-7-,11-8-,19-16-,20-17-,26-24-,27-25-,31-30-,34-33-,37-35-,45-42-,56-53+. The van der Waals surface area contributed by atoms with Crippen molar-refractivity contribution in [3.63, 3.8) is 0 Å². The third kappa shape index (κ3) is 44.1. The second-order valence-corrected chi connectivity index (χ2v) is 21.4. The van der Waals surface area contributed by atoms with Crippen LogP contribution in [0.4, 0.5) is 0 Å². The van der Waals surface area contributed by atoms with E-state index in [0.29, 0.717) is 12.8 Å². The molecule has 1 amide bonds. The molecule has 11 nitrogen and oxygen atoms in total. The Morgan fingerprint density at radius 1 is 0.494 bits per heavy atom. The van der Waals surface area contributed by atoms with E-state index in [2.05, 4.69) is 148 Å². The van der Waals surface area contributed by atoms with Crippen LogP contribution in [-0.4, -0.2) is 99.6 Å². The topological polar surface area (TPSA) is 175 Å². The number of rotatable bonds is 52. The van der Waals surface area contributed by atoms with Gasteiger partial charge in [-0.15, -0.1) is 0 Å². The van der Waals surface area contributed by atoms with E-state index >= 15 is 0 Å². The van der Waals surface area contributed by atoms with Crippen LogP contribution in [0.15, 0.2) is 134 Å². The summed E-state index contributed by atoms with van der Waals surface area (Å²) in [5.41, 5.74) is 0. The second kappa shape index (κ2) is 56.3. The molecule has 8 atom stereocenters. The fourth-order valence-corrected chi connectivity index (χ4v) is 9.06. The van der Waals surface area contributed by atoms with E-state index in [1.54, 1.807) is 6.08 Å². The summed E-state index contributed by atoms with van der Waals surface area (Å²) in [6.45, 7) is 5.51. The number of esters is 1. The van der Waals surface area contributed by atoms with Crippen LogP contribution >= 0.6 is 0 Å². The molecule has 1 rings (SSSR count). The monoisotopic (exact) mass is 1130 g/mol. The lowest BCUT2D eigenvalue weighted by Gasteiger charge is -2.41. The minimum absolute atomic E-state index is 0.0981. The number of hydrogen-bond acceptors (Lipinski definition) is 10. The van der Waals surface area contributed by atoms with Crippen molar-refractivity contribution >= 4 is 11.9 Å². The van der Waals surface area contributed by atoms with E-state index in [9.17, 15) is 35.1 Å². The Morgan fingerprint density at radius 2 is 0.889 bits per heavy atom. The van der Waals surface area contributed by atoms with Crippen LogP contribution in [0, 0.1) is 0 Å². The minimum atomic E-state index is -1.63. The van der Waals surface area contributed by atoms with Gasteiger partial charge in [-0.2, -0.15) is 0 Å². The third-order valence-corrected chi connectivity index (χ3v) is 14.0. The molecule has 0 aliphatic carbocycles. The van der Waals surface area contributed by atoms with Crippen LogP contribution < -0.4 is 5.32 Å². The van der Waals surface area contributed by atoms with Gasteiger partial charge in [-0.3, -0.25) is 9.59 Å². The molecular formula is C70H115NO10. The van der Waals surface area contributed by atoms with Crippen molar-refractivity contribution in [2.24, 2.45) is 0 Å². The van der Waals surface area contributed by atoms with Gasteiger partial charge in [0.15, 0.2) is 12.4 Å². The maximum atomic E-state index is 13.4. The molecule has 0 bridgehead atoms. The minimum Gasteiger partial charge on any atom is -0.454 e. The van der Waals surface area contributed by atoms with E-state index < -0.39 is 67.4 Å². The van der Waals surface area contributed by atoms with Gasteiger partial charge in [-0.1, -0.05) is 244 Å². The molecule has 460 valence electrons. The Labute approximate surface area is 493 Å². The predicted octanol–water partition coefficient (Wildman–Crippen LogP) is 15.6. The molecule has 11 heteroatoms. The summed E-state index contributed by atoms with van der Waals surface area (Å²) in [6.07, 6.45) is 69.1. The zero-order chi connectivity index (χ0) is 58.9. The number of carbonyl (C=O) groups is 2. The third-order valence-electron chi connectivity index (χ3n) is 14.0. The highest BCUT2D eigenvalue weighted by atomic mass is 16.7. The molecule has 0 saturated carbocycles. The van der Waals surface area contributed by atoms with Crippen LogP contribution in [0.5, 0.6) is 0 Å². The highest BCUT2D eigenvalue weighted by molar-refractivity contribution is 5.80. The molecule has 0 radical (unpaired) electrons. The van der Waals surface area contributed by atoms with Gasteiger partial charge in [0.2, 0.25) is 5.91 Å².